The number of nitrogens with zero attached hydrogens (tertiary/aromatic N) is 3. The maximum atomic E-state index is 9.60. The van der Waals surface area contributed by atoms with Crippen LogP contribution in [0.5, 0.6) is 0 Å². The summed E-state index contributed by atoms with van der Waals surface area (Å²) in [5, 5.41) is 17.6. The molecule has 1 atom stereocenters. The maximum Gasteiger partial charge on any atom is 0.230 e. The van der Waals surface area contributed by atoms with Crippen molar-refractivity contribution in [3.05, 3.63) is 11.8 Å². The van der Waals surface area contributed by atoms with Gasteiger partial charge in [-0.2, -0.15) is 0 Å². The van der Waals surface area contributed by atoms with Gasteiger partial charge in [-0.3, -0.25) is 4.90 Å². The summed E-state index contributed by atoms with van der Waals surface area (Å²) in [4.78, 5) is 1.92. The Kier molecular flexibility index (Phi) is 5.25. The summed E-state index contributed by atoms with van der Waals surface area (Å²) in [5.74, 6) is 1.19. The number of likely N-dealkylation sites (N-methyl/N-ethyl adjacent to an activating group) is 1. The first-order valence-corrected chi connectivity index (χ1v) is 6.01. The molecule has 6 heteroatoms. The molecule has 0 aliphatic rings. The second kappa shape index (κ2) is 6.26. The number of aliphatic hydroxyl groups is 1. The molecular weight excluding hydrogens is 234 g/mol. The summed E-state index contributed by atoms with van der Waals surface area (Å²) in [5.41, 5.74) is -0.139. The third-order valence-corrected chi connectivity index (χ3v) is 2.40. The molecule has 0 aliphatic heterocycles. The molecule has 0 aliphatic carbocycles. The highest BCUT2D eigenvalue weighted by Crippen LogP contribution is 2.20. The number of aliphatic hydroxyl groups excluding tert-OH is 1. The van der Waals surface area contributed by atoms with Crippen molar-refractivity contribution in [1.29, 1.82) is 0 Å². The molecule has 0 spiro atoms. The molecule has 104 valence electrons. The summed E-state index contributed by atoms with van der Waals surface area (Å²) in [6, 6.07) is 0. The van der Waals surface area contributed by atoms with Crippen LogP contribution in [0, 0.1) is 0 Å². The predicted molar refractivity (Wildman–Crippen MR) is 67.2 cm³/mol. The summed E-state index contributed by atoms with van der Waals surface area (Å²) < 4.78 is 10.5. The fraction of sp³-hybridized carbons (Fsp3) is 0.833. The predicted octanol–water partition coefficient (Wildman–Crippen LogP) is 0.806. The van der Waals surface area contributed by atoms with Crippen molar-refractivity contribution in [2.24, 2.45) is 0 Å². The zero-order valence-electron chi connectivity index (χ0n) is 11.8. The number of methoxy groups -OCH3 is 1. The lowest BCUT2D eigenvalue weighted by Crippen LogP contribution is -2.31. The number of aromatic nitrogens is 2. The minimum atomic E-state index is -0.509. The fourth-order valence-corrected chi connectivity index (χ4v) is 1.52. The van der Waals surface area contributed by atoms with E-state index in [2.05, 4.69) is 10.2 Å². The van der Waals surface area contributed by atoms with Crippen LogP contribution in [-0.4, -0.2) is 53.6 Å². The van der Waals surface area contributed by atoms with Gasteiger partial charge < -0.3 is 14.3 Å². The average molecular weight is 257 g/mol. The van der Waals surface area contributed by atoms with Gasteiger partial charge in [-0.05, 0) is 7.05 Å². The summed E-state index contributed by atoms with van der Waals surface area (Å²) in [6.07, 6.45) is -0.509. The Balaban J connectivity index is 2.49. The van der Waals surface area contributed by atoms with E-state index < -0.39 is 6.10 Å². The van der Waals surface area contributed by atoms with Gasteiger partial charge in [0.25, 0.3) is 0 Å². The highest BCUT2D eigenvalue weighted by molar-refractivity contribution is 4.95. The molecular formula is C12H23N3O3. The van der Waals surface area contributed by atoms with Gasteiger partial charge in [0, 0.05) is 19.1 Å². The Morgan fingerprint density at radius 2 is 2.06 bits per heavy atom. The molecule has 0 saturated carbocycles. The number of hydrogen-bond donors (Lipinski definition) is 1. The molecule has 0 bridgehead atoms. The molecule has 0 fully saturated rings. The molecule has 0 radical (unpaired) electrons. The molecule has 1 aromatic heterocycles. The Morgan fingerprint density at radius 3 is 2.56 bits per heavy atom. The highest BCUT2D eigenvalue weighted by Gasteiger charge is 2.22. The zero-order valence-corrected chi connectivity index (χ0v) is 11.8. The Morgan fingerprint density at radius 1 is 1.39 bits per heavy atom. The van der Waals surface area contributed by atoms with Crippen molar-refractivity contribution in [2.75, 3.05) is 27.3 Å². The van der Waals surface area contributed by atoms with Crippen LogP contribution in [0.3, 0.4) is 0 Å². The van der Waals surface area contributed by atoms with Gasteiger partial charge in [-0.25, -0.2) is 0 Å². The van der Waals surface area contributed by atoms with Gasteiger partial charge >= 0.3 is 0 Å². The fourth-order valence-electron chi connectivity index (χ4n) is 1.52. The van der Waals surface area contributed by atoms with Crippen LogP contribution in [0.4, 0.5) is 0 Å². The molecule has 1 aromatic rings. The second-order valence-electron chi connectivity index (χ2n) is 5.56. The summed E-state index contributed by atoms with van der Waals surface area (Å²) in [6.45, 7) is 7.41. The molecule has 0 amide bonds. The van der Waals surface area contributed by atoms with Crippen molar-refractivity contribution in [1.82, 2.24) is 15.1 Å². The van der Waals surface area contributed by atoms with Crippen LogP contribution in [0.2, 0.25) is 0 Å². The summed E-state index contributed by atoms with van der Waals surface area (Å²) >= 11 is 0. The SMILES string of the molecule is COCC(O)CN(C)Cc1nnc(C(C)(C)C)o1. The van der Waals surface area contributed by atoms with Gasteiger partial charge in [0.2, 0.25) is 11.8 Å². The van der Waals surface area contributed by atoms with Crippen LogP contribution in [0.1, 0.15) is 32.6 Å². The zero-order chi connectivity index (χ0) is 13.8. The van der Waals surface area contributed by atoms with Gasteiger partial charge in [0.15, 0.2) is 0 Å². The van der Waals surface area contributed by atoms with E-state index in [-0.39, 0.29) is 5.41 Å². The second-order valence-corrected chi connectivity index (χ2v) is 5.56. The van der Waals surface area contributed by atoms with Gasteiger partial charge in [-0.15, -0.1) is 10.2 Å². The van der Waals surface area contributed by atoms with Crippen LogP contribution < -0.4 is 0 Å². The first kappa shape index (κ1) is 15.1. The van der Waals surface area contributed by atoms with E-state index in [0.717, 1.165) is 0 Å². The lowest BCUT2D eigenvalue weighted by Gasteiger charge is -2.18. The topological polar surface area (TPSA) is 71.6 Å². The molecule has 18 heavy (non-hydrogen) atoms. The van der Waals surface area contributed by atoms with E-state index in [1.807, 2.05) is 32.7 Å². The quantitative estimate of drug-likeness (QED) is 0.813. The molecule has 1 heterocycles. The van der Waals surface area contributed by atoms with E-state index >= 15 is 0 Å². The molecule has 0 aromatic carbocycles. The molecule has 6 nitrogen and oxygen atoms in total. The first-order chi connectivity index (χ1) is 8.32. The number of hydrogen-bond acceptors (Lipinski definition) is 6. The monoisotopic (exact) mass is 257 g/mol. The molecule has 1 N–H and O–H groups in total. The normalized spacial score (nSPS) is 14.2. The Hall–Kier alpha value is -0.980. The van der Waals surface area contributed by atoms with Crippen molar-refractivity contribution < 1.29 is 14.3 Å². The number of ether oxygens (including phenoxy) is 1. The Bertz CT molecular complexity index is 360. The van der Waals surface area contributed by atoms with E-state index in [9.17, 15) is 5.11 Å². The van der Waals surface area contributed by atoms with E-state index in [1.54, 1.807) is 7.11 Å². The third-order valence-electron chi connectivity index (χ3n) is 2.40. The molecule has 0 saturated heterocycles. The number of rotatable bonds is 6. The van der Waals surface area contributed by atoms with Crippen LogP contribution in [0.25, 0.3) is 0 Å². The summed E-state index contributed by atoms with van der Waals surface area (Å²) in [7, 11) is 3.46. The van der Waals surface area contributed by atoms with Gasteiger partial charge in [0.1, 0.15) is 0 Å². The largest absolute Gasteiger partial charge is 0.423 e. The minimum absolute atomic E-state index is 0.139. The average Bonchev–Trinajstić information content (AvgIpc) is 2.65. The maximum absolute atomic E-state index is 9.60. The first-order valence-electron chi connectivity index (χ1n) is 6.01. The van der Waals surface area contributed by atoms with Crippen molar-refractivity contribution in [3.8, 4) is 0 Å². The van der Waals surface area contributed by atoms with Crippen molar-refractivity contribution >= 4 is 0 Å². The minimum Gasteiger partial charge on any atom is -0.423 e. The van der Waals surface area contributed by atoms with Crippen LogP contribution >= 0.6 is 0 Å². The van der Waals surface area contributed by atoms with E-state index in [1.165, 1.54) is 0 Å². The molecule has 1 rings (SSSR count). The van der Waals surface area contributed by atoms with Crippen LogP contribution in [0.15, 0.2) is 4.42 Å². The van der Waals surface area contributed by atoms with E-state index in [0.29, 0.717) is 31.5 Å². The van der Waals surface area contributed by atoms with Gasteiger partial charge in [0.05, 0.1) is 19.3 Å². The van der Waals surface area contributed by atoms with Crippen molar-refractivity contribution in [3.63, 3.8) is 0 Å². The van der Waals surface area contributed by atoms with Gasteiger partial charge in [-0.1, -0.05) is 20.8 Å². The lowest BCUT2D eigenvalue weighted by molar-refractivity contribution is 0.0402. The van der Waals surface area contributed by atoms with Crippen molar-refractivity contribution in [2.45, 2.75) is 38.8 Å². The molecule has 1 unspecified atom stereocenters. The lowest BCUT2D eigenvalue weighted by atomic mass is 9.97. The standard InChI is InChI=1S/C12H23N3O3/c1-12(2,3)11-14-13-10(18-11)7-15(4)6-9(16)8-17-5/h9,16H,6-8H2,1-5H3. The highest BCUT2D eigenvalue weighted by atomic mass is 16.5. The van der Waals surface area contributed by atoms with E-state index in [4.69, 9.17) is 9.15 Å². The smallest absolute Gasteiger partial charge is 0.230 e. The Labute approximate surface area is 108 Å². The van der Waals surface area contributed by atoms with Crippen LogP contribution in [-0.2, 0) is 16.7 Å². The third kappa shape index (κ3) is 4.72.